The molecule has 156 valence electrons. The number of carbonyl (C=O) groups is 1. The zero-order chi connectivity index (χ0) is 21.6. The van der Waals surface area contributed by atoms with Gasteiger partial charge < -0.3 is 14.8 Å². The van der Waals surface area contributed by atoms with Crippen LogP contribution in [0, 0.1) is 0 Å². The SMILES string of the molecule is COc1cccc(CCc2ccc(C(=O)OC(C)(C)C)c(Nc3ccccc3)c2)c1. The molecular formula is C26H29NO3. The summed E-state index contributed by atoms with van der Waals surface area (Å²) in [6, 6.07) is 23.8. The van der Waals surface area contributed by atoms with Gasteiger partial charge in [-0.25, -0.2) is 4.79 Å². The van der Waals surface area contributed by atoms with Gasteiger partial charge in [-0.1, -0.05) is 36.4 Å². The van der Waals surface area contributed by atoms with E-state index in [1.165, 1.54) is 5.56 Å². The lowest BCUT2D eigenvalue weighted by molar-refractivity contribution is 0.00707. The molecule has 0 saturated carbocycles. The molecular weight excluding hydrogens is 374 g/mol. The molecule has 3 aromatic carbocycles. The molecule has 30 heavy (non-hydrogen) atoms. The number of ether oxygens (including phenoxy) is 2. The first-order valence-corrected chi connectivity index (χ1v) is 10.2. The van der Waals surface area contributed by atoms with Crippen LogP contribution in [0.3, 0.4) is 0 Å². The average Bonchev–Trinajstić information content (AvgIpc) is 2.72. The monoisotopic (exact) mass is 403 g/mol. The van der Waals surface area contributed by atoms with Crippen molar-refractivity contribution in [2.75, 3.05) is 12.4 Å². The van der Waals surface area contributed by atoms with Gasteiger partial charge in [0.1, 0.15) is 11.4 Å². The second kappa shape index (κ2) is 9.49. The summed E-state index contributed by atoms with van der Waals surface area (Å²) in [5, 5.41) is 3.38. The number of esters is 1. The molecule has 4 nitrogen and oxygen atoms in total. The normalized spacial score (nSPS) is 11.1. The summed E-state index contributed by atoms with van der Waals surface area (Å²) in [6.07, 6.45) is 1.74. The summed E-state index contributed by atoms with van der Waals surface area (Å²) in [5.74, 6) is 0.527. The first-order valence-electron chi connectivity index (χ1n) is 10.2. The molecule has 0 amide bonds. The summed E-state index contributed by atoms with van der Waals surface area (Å²) in [7, 11) is 1.68. The lowest BCUT2D eigenvalue weighted by Crippen LogP contribution is -2.24. The maximum absolute atomic E-state index is 12.8. The second-order valence-electron chi connectivity index (χ2n) is 8.22. The first-order chi connectivity index (χ1) is 14.3. The van der Waals surface area contributed by atoms with Gasteiger partial charge in [-0.15, -0.1) is 0 Å². The van der Waals surface area contributed by atoms with Gasteiger partial charge >= 0.3 is 5.97 Å². The standard InChI is InChI=1S/C26H29NO3/c1-26(2,3)30-25(28)23-16-15-20(14-13-19-9-8-12-22(17-19)29-4)18-24(23)27-21-10-6-5-7-11-21/h5-12,15-18,27H,13-14H2,1-4H3. The fourth-order valence-electron chi connectivity index (χ4n) is 3.16. The number of anilines is 2. The maximum atomic E-state index is 12.8. The van der Waals surface area contributed by atoms with Gasteiger partial charge in [-0.3, -0.25) is 0 Å². The number of carbonyl (C=O) groups excluding carboxylic acids is 1. The Bertz CT molecular complexity index is 991. The minimum Gasteiger partial charge on any atom is -0.497 e. The number of methoxy groups -OCH3 is 1. The Kier molecular flexibility index (Phi) is 6.78. The zero-order valence-corrected chi connectivity index (χ0v) is 18.1. The predicted octanol–water partition coefficient (Wildman–Crippen LogP) is 6.18. The van der Waals surface area contributed by atoms with Crippen LogP contribution < -0.4 is 10.1 Å². The third-order valence-corrected chi connectivity index (χ3v) is 4.59. The summed E-state index contributed by atoms with van der Waals surface area (Å²) in [5.41, 5.74) is 4.00. The van der Waals surface area contributed by atoms with Crippen molar-refractivity contribution in [2.24, 2.45) is 0 Å². The van der Waals surface area contributed by atoms with Crippen LogP contribution >= 0.6 is 0 Å². The molecule has 0 unspecified atom stereocenters. The minimum absolute atomic E-state index is 0.333. The van der Waals surface area contributed by atoms with Crippen LogP contribution in [0.2, 0.25) is 0 Å². The number of hydrogen-bond acceptors (Lipinski definition) is 4. The van der Waals surface area contributed by atoms with E-state index in [0.717, 1.165) is 35.5 Å². The van der Waals surface area contributed by atoms with Crippen LogP contribution in [0.1, 0.15) is 42.3 Å². The van der Waals surface area contributed by atoms with E-state index in [1.807, 2.05) is 81.4 Å². The van der Waals surface area contributed by atoms with Gasteiger partial charge in [0.2, 0.25) is 0 Å². The van der Waals surface area contributed by atoms with Gasteiger partial charge in [0.25, 0.3) is 0 Å². The van der Waals surface area contributed by atoms with E-state index in [2.05, 4.69) is 17.4 Å². The molecule has 0 heterocycles. The quantitative estimate of drug-likeness (QED) is 0.479. The fraction of sp³-hybridized carbons (Fsp3) is 0.269. The molecule has 0 bridgehead atoms. The van der Waals surface area contributed by atoms with E-state index in [9.17, 15) is 4.79 Å². The molecule has 0 atom stereocenters. The van der Waals surface area contributed by atoms with Gasteiger partial charge in [0, 0.05) is 5.69 Å². The van der Waals surface area contributed by atoms with Crippen LogP contribution in [-0.2, 0) is 17.6 Å². The van der Waals surface area contributed by atoms with Crippen molar-refractivity contribution in [2.45, 2.75) is 39.2 Å². The Morgan fingerprint density at radius 3 is 2.23 bits per heavy atom. The lowest BCUT2D eigenvalue weighted by atomic mass is 10.0. The van der Waals surface area contributed by atoms with Crippen LogP contribution in [0.25, 0.3) is 0 Å². The number of rotatable bonds is 7. The Labute approximate surface area is 178 Å². The molecule has 0 radical (unpaired) electrons. The Hall–Kier alpha value is -3.27. The third-order valence-electron chi connectivity index (χ3n) is 4.59. The van der Waals surface area contributed by atoms with E-state index in [4.69, 9.17) is 9.47 Å². The van der Waals surface area contributed by atoms with E-state index in [1.54, 1.807) is 7.11 Å². The molecule has 4 heteroatoms. The Morgan fingerprint density at radius 1 is 0.867 bits per heavy atom. The average molecular weight is 404 g/mol. The number of benzene rings is 3. The molecule has 1 N–H and O–H groups in total. The molecule has 0 aliphatic rings. The van der Waals surface area contributed by atoms with Crippen molar-refractivity contribution in [3.8, 4) is 5.75 Å². The lowest BCUT2D eigenvalue weighted by Gasteiger charge is -2.21. The summed E-state index contributed by atoms with van der Waals surface area (Å²) in [6.45, 7) is 5.62. The van der Waals surface area contributed by atoms with Crippen molar-refractivity contribution in [3.05, 3.63) is 89.5 Å². The van der Waals surface area contributed by atoms with E-state index < -0.39 is 5.60 Å². The van der Waals surface area contributed by atoms with Crippen LogP contribution in [0.5, 0.6) is 5.75 Å². The van der Waals surface area contributed by atoms with Gasteiger partial charge in [0.05, 0.1) is 18.4 Å². The number of hydrogen-bond donors (Lipinski definition) is 1. The highest BCUT2D eigenvalue weighted by Crippen LogP contribution is 2.26. The molecule has 0 saturated heterocycles. The van der Waals surface area contributed by atoms with Crippen LogP contribution in [-0.4, -0.2) is 18.7 Å². The van der Waals surface area contributed by atoms with Crippen LogP contribution in [0.4, 0.5) is 11.4 Å². The van der Waals surface area contributed by atoms with Gasteiger partial charge in [0.15, 0.2) is 0 Å². The van der Waals surface area contributed by atoms with Crippen LogP contribution in [0.15, 0.2) is 72.8 Å². The molecule has 3 rings (SSSR count). The number of para-hydroxylation sites is 1. The summed E-state index contributed by atoms with van der Waals surface area (Å²) < 4.78 is 10.9. The predicted molar refractivity (Wildman–Crippen MR) is 122 cm³/mol. The molecule has 0 aliphatic heterocycles. The fourth-order valence-corrected chi connectivity index (χ4v) is 3.16. The van der Waals surface area contributed by atoms with Crippen molar-refractivity contribution in [3.63, 3.8) is 0 Å². The summed E-state index contributed by atoms with van der Waals surface area (Å²) >= 11 is 0. The van der Waals surface area contributed by atoms with E-state index in [0.29, 0.717) is 5.56 Å². The van der Waals surface area contributed by atoms with Gasteiger partial charge in [-0.05, 0) is 81.1 Å². The maximum Gasteiger partial charge on any atom is 0.340 e. The topological polar surface area (TPSA) is 47.6 Å². The van der Waals surface area contributed by atoms with Crippen molar-refractivity contribution in [1.82, 2.24) is 0 Å². The third kappa shape index (κ3) is 6.11. The van der Waals surface area contributed by atoms with E-state index >= 15 is 0 Å². The van der Waals surface area contributed by atoms with Crippen molar-refractivity contribution < 1.29 is 14.3 Å². The van der Waals surface area contributed by atoms with Crippen molar-refractivity contribution >= 4 is 17.3 Å². The number of aryl methyl sites for hydroxylation is 2. The summed E-state index contributed by atoms with van der Waals surface area (Å²) in [4.78, 5) is 12.8. The molecule has 0 spiro atoms. The smallest absolute Gasteiger partial charge is 0.340 e. The Balaban J connectivity index is 1.84. The van der Waals surface area contributed by atoms with Crippen molar-refractivity contribution in [1.29, 1.82) is 0 Å². The van der Waals surface area contributed by atoms with Gasteiger partial charge in [-0.2, -0.15) is 0 Å². The number of nitrogens with one attached hydrogen (secondary N) is 1. The Morgan fingerprint density at radius 2 is 1.57 bits per heavy atom. The highest BCUT2D eigenvalue weighted by molar-refractivity contribution is 5.97. The molecule has 3 aromatic rings. The highest BCUT2D eigenvalue weighted by atomic mass is 16.6. The second-order valence-corrected chi connectivity index (χ2v) is 8.22. The van der Waals surface area contributed by atoms with E-state index in [-0.39, 0.29) is 5.97 Å². The molecule has 0 aliphatic carbocycles. The molecule has 0 fully saturated rings. The largest absolute Gasteiger partial charge is 0.497 e. The zero-order valence-electron chi connectivity index (χ0n) is 18.1. The first kappa shape index (κ1) is 21.4. The minimum atomic E-state index is -0.549. The molecule has 0 aromatic heterocycles. The highest BCUT2D eigenvalue weighted by Gasteiger charge is 2.21.